The fraction of sp³-hybridized carbons (Fsp3) is 0.385. The average Bonchev–Trinajstić information content (AvgIpc) is 2.85. The quantitative estimate of drug-likeness (QED) is 0.854. The second kappa shape index (κ2) is 5.87. The molecule has 18 heavy (non-hydrogen) atoms. The number of nitrogens with one attached hydrogen (secondary N) is 1. The van der Waals surface area contributed by atoms with Crippen molar-refractivity contribution in [1.82, 2.24) is 4.90 Å². The van der Waals surface area contributed by atoms with Gasteiger partial charge in [-0.2, -0.15) is 0 Å². The average molecular weight is 267 g/mol. The summed E-state index contributed by atoms with van der Waals surface area (Å²) >= 11 is 5.75. The Morgan fingerprint density at radius 3 is 2.39 bits per heavy atom. The van der Waals surface area contributed by atoms with Gasteiger partial charge in [-0.05, 0) is 37.1 Å². The zero-order chi connectivity index (χ0) is 13.0. The molecule has 1 aromatic rings. The van der Waals surface area contributed by atoms with Gasteiger partial charge < -0.3 is 10.2 Å². The number of likely N-dealkylation sites (tertiary alicyclic amines) is 1. The van der Waals surface area contributed by atoms with Crippen molar-refractivity contribution in [2.45, 2.75) is 19.3 Å². The first-order chi connectivity index (χ1) is 8.65. The molecule has 1 aliphatic heterocycles. The maximum Gasteiger partial charge on any atom is 0.233 e. The first-order valence-corrected chi connectivity index (χ1v) is 6.36. The Balaban J connectivity index is 1.84. The van der Waals surface area contributed by atoms with E-state index >= 15 is 0 Å². The van der Waals surface area contributed by atoms with Crippen LogP contribution in [0.15, 0.2) is 24.3 Å². The molecule has 0 spiro atoms. The van der Waals surface area contributed by atoms with Crippen molar-refractivity contribution < 1.29 is 9.59 Å². The Morgan fingerprint density at radius 1 is 1.17 bits per heavy atom. The molecule has 1 saturated heterocycles. The smallest absolute Gasteiger partial charge is 0.233 e. The molecule has 2 amide bonds. The van der Waals surface area contributed by atoms with Crippen molar-refractivity contribution in [3.63, 3.8) is 0 Å². The highest BCUT2D eigenvalue weighted by atomic mass is 35.5. The topological polar surface area (TPSA) is 49.4 Å². The minimum Gasteiger partial charge on any atom is -0.342 e. The SMILES string of the molecule is O=C(CC(=O)N1CCCC1)Nc1ccc(Cl)cc1. The molecule has 2 rings (SSSR count). The molecule has 96 valence electrons. The van der Waals surface area contributed by atoms with Crippen LogP contribution in [-0.2, 0) is 9.59 Å². The van der Waals surface area contributed by atoms with Gasteiger partial charge in [0, 0.05) is 23.8 Å². The lowest BCUT2D eigenvalue weighted by Crippen LogP contribution is -2.31. The van der Waals surface area contributed by atoms with Gasteiger partial charge in [0.25, 0.3) is 0 Å². The number of benzene rings is 1. The predicted octanol–water partition coefficient (Wildman–Crippen LogP) is 2.29. The maximum absolute atomic E-state index is 11.7. The lowest BCUT2D eigenvalue weighted by atomic mass is 10.3. The summed E-state index contributed by atoms with van der Waals surface area (Å²) in [4.78, 5) is 25.2. The Hall–Kier alpha value is -1.55. The second-order valence-corrected chi connectivity index (χ2v) is 4.76. The molecule has 0 saturated carbocycles. The van der Waals surface area contributed by atoms with E-state index in [9.17, 15) is 9.59 Å². The second-order valence-electron chi connectivity index (χ2n) is 4.32. The normalized spacial score (nSPS) is 14.6. The number of rotatable bonds is 3. The summed E-state index contributed by atoms with van der Waals surface area (Å²) in [5.74, 6) is -0.381. The monoisotopic (exact) mass is 266 g/mol. The van der Waals surface area contributed by atoms with E-state index in [1.54, 1.807) is 29.2 Å². The molecule has 1 fully saturated rings. The van der Waals surface area contributed by atoms with Gasteiger partial charge in [0.15, 0.2) is 0 Å². The van der Waals surface area contributed by atoms with Gasteiger partial charge >= 0.3 is 0 Å². The van der Waals surface area contributed by atoms with Gasteiger partial charge in [0.05, 0.1) is 0 Å². The van der Waals surface area contributed by atoms with Gasteiger partial charge in [-0.1, -0.05) is 11.6 Å². The number of carbonyl (C=O) groups excluding carboxylic acids is 2. The zero-order valence-electron chi connectivity index (χ0n) is 9.99. The van der Waals surface area contributed by atoms with Gasteiger partial charge in [0.2, 0.25) is 11.8 Å². The van der Waals surface area contributed by atoms with E-state index in [4.69, 9.17) is 11.6 Å². The van der Waals surface area contributed by atoms with Crippen molar-refractivity contribution in [3.8, 4) is 0 Å². The Bertz CT molecular complexity index is 439. The summed E-state index contributed by atoms with van der Waals surface area (Å²) in [6.07, 6.45) is 1.97. The number of hydrogen-bond donors (Lipinski definition) is 1. The van der Waals surface area contributed by atoms with Gasteiger partial charge in [-0.25, -0.2) is 0 Å². The largest absolute Gasteiger partial charge is 0.342 e. The van der Waals surface area contributed by atoms with Crippen molar-refractivity contribution in [2.24, 2.45) is 0 Å². The highest BCUT2D eigenvalue weighted by Crippen LogP contribution is 2.14. The van der Waals surface area contributed by atoms with Crippen LogP contribution < -0.4 is 5.32 Å². The molecular formula is C13H15ClN2O2. The molecule has 1 heterocycles. The highest BCUT2D eigenvalue weighted by molar-refractivity contribution is 6.30. The molecule has 0 aromatic heterocycles. The van der Waals surface area contributed by atoms with Crippen LogP contribution in [-0.4, -0.2) is 29.8 Å². The first kappa shape index (κ1) is 12.9. The lowest BCUT2D eigenvalue weighted by Gasteiger charge is -2.14. The maximum atomic E-state index is 11.7. The fourth-order valence-electron chi connectivity index (χ4n) is 1.95. The molecule has 0 bridgehead atoms. The Kier molecular flexibility index (Phi) is 4.20. The minimum absolute atomic E-state index is 0.0946. The number of anilines is 1. The first-order valence-electron chi connectivity index (χ1n) is 5.98. The summed E-state index contributed by atoms with van der Waals surface area (Å²) in [7, 11) is 0. The number of nitrogens with zero attached hydrogens (tertiary/aromatic N) is 1. The zero-order valence-corrected chi connectivity index (χ0v) is 10.7. The number of halogens is 1. The van der Waals surface area contributed by atoms with Crippen LogP contribution in [0.2, 0.25) is 5.02 Å². The van der Waals surface area contributed by atoms with Crippen LogP contribution in [0, 0.1) is 0 Å². The lowest BCUT2D eigenvalue weighted by molar-refractivity contribution is -0.133. The van der Waals surface area contributed by atoms with Crippen LogP contribution in [0.25, 0.3) is 0 Å². The van der Waals surface area contributed by atoms with Crippen molar-refractivity contribution in [2.75, 3.05) is 18.4 Å². The van der Waals surface area contributed by atoms with Gasteiger partial charge in [-0.3, -0.25) is 9.59 Å². The molecule has 0 unspecified atom stereocenters. The van der Waals surface area contributed by atoms with Gasteiger partial charge in [0.1, 0.15) is 6.42 Å². The van der Waals surface area contributed by atoms with Crippen LogP contribution in [0.3, 0.4) is 0 Å². The van der Waals surface area contributed by atoms with Gasteiger partial charge in [-0.15, -0.1) is 0 Å². The molecule has 1 aromatic carbocycles. The van der Waals surface area contributed by atoms with Crippen LogP contribution >= 0.6 is 11.6 Å². The van der Waals surface area contributed by atoms with E-state index in [2.05, 4.69) is 5.32 Å². The summed E-state index contributed by atoms with van der Waals surface area (Å²) in [5, 5.41) is 3.29. The number of amides is 2. The predicted molar refractivity (Wildman–Crippen MR) is 70.5 cm³/mol. The van der Waals surface area contributed by atoms with E-state index in [1.165, 1.54) is 0 Å². The molecule has 1 N–H and O–H groups in total. The third-order valence-electron chi connectivity index (χ3n) is 2.90. The molecule has 5 heteroatoms. The molecule has 0 aliphatic carbocycles. The highest BCUT2D eigenvalue weighted by Gasteiger charge is 2.20. The summed E-state index contributed by atoms with van der Waals surface area (Å²) < 4.78 is 0. The Labute approximate surface area is 111 Å². The van der Waals surface area contributed by atoms with Crippen molar-refractivity contribution in [3.05, 3.63) is 29.3 Å². The van der Waals surface area contributed by atoms with Crippen LogP contribution in [0.5, 0.6) is 0 Å². The van der Waals surface area contributed by atoms with E-state index in [1.807, 2.05) is 0 Å². The molecule has 4 nitrogen and oxygen atoms in total. The van der Waals surface area contributed by atoms with E-state index in [0.717, 1.165) is 25.9 Å². The van der Waals surface area contributed by atoms with Crippen LogP contribution in [0.4, 0.5) is 5.69 Å². The third-order valence-corrected chi connectivity index (χ3v) is 3.15. The molecule has 1 aliphatic rings. The Morgan fingerprint density at radius 2 is 1.78 bits per heavy atom. The third kappa shape index (κ3) is 3.47. The fourth-order valence-corrected chi connectivity index (χ4v) is 2.08. The van der Waals surface area contributed by atoms with Crippen molar-refractivity contribution in [1.29, 1.82) is 0 Å². The summed E-state index contributed by atoms with van der Waals surface area (Å²) in [5.41, 5.74) is 0.652. The molecule has 0 atom stereocenters. The minimum atomic E-state index is -0.283. The molecular weight excluding hydrogens is 252 g/mol. The van der Waals surface area contributed by atoms with Crippen LogP contribution in [0.1, 0.15) is 19.3 Å². The molecule has 0 radical (unpaired) electrons. The van der Waals surface area contributed by atoms with E-state index in [0.29, 0.717) is 10.7 Å². The summed E-state index contributed by atoms with van der Waals surface area (Å²) in [6, 6.07) is 6.81. The van der Waals surface area contributed by atoms with E-state index in [-0.39, 0.29) is 18.2 Å². The van der Waals surface area contributed by atoms with E-state index < -0.39 is 0 Å². The number of carbonyl (C=O) groups is 2. The number of hydrogen-bond acceptors (Lipinski definition) is 2. The van der Waals surface area contributed by atoms with Crippen molar-refractivity contribution >= 4 is 29.1 Å². The standard InChI is InChI=1S/C13H15ClN2O2/c14-10-3-5-11(6-4-10)15-12(17)9-13(18)16-7-1-2-8-16/h3-6H,1-2,7-9H2,(H,15,17). The summed E-state index contributed by atoms with van der Waals surface area (Å²) in [6.45, 7) is 1.54.